The molecule has 14 heteroatoms. The monoisotopic (exact) mass is 664 g/mol. The average molecular weight is 664 g/mol. The summed E-state index contributed by atoms with van der Waals surface area (Å²) in [7, 11) is -7.00. The Balaban J connectivity index is 2.61. The average Bonchev–Trinajstić information content (AvgIpc) is 2.77. The molecule has 0 saturated carbocycles. The van der Waals surface area contributed by atoms with Gasteiger partial charge in [0.05, 0.1) is 0 Å². The molecule has 0 amide bonds. The van der Waals surface area contributed by atoms with Gasteiger partial charge in [0, 0.05) is 0 Å². The van der Waals surface area contributed by atoms with Gasteiger partial charge in [-0.1, -0.05) is 50.6 Å². The molecule has 0 N–H and O–H groups in total. The van der Waals surface area contributed by atoms with E-state index in [4.69, 9.17) is 0 Å². The van der Waals surface area contributed by atoms with Crippen molar-refractivity contribution in [1.29, 1.82) is 0 Å². The molecule has 1 radical (unpaired) electrons. The summed E-state index contributed by atoms with van der Waals surface area (Å²) in [6.07, 6.45) is -6.47. The van der Waals surface area contributed by atoms with Gasteiger partial charge in [-0.3, -0.25) is 0 Å². The molecule has 2 aromatic rings. The van der Waals surface area contributed by atoms with Crippen molar-refractivity contribution in [3.8, 4) is 0 Å². The van der Waals surface area contributed by atoms with Crippen LogP contribution in [0, 0.1) is 14.1 Å². The van der Waals surface area contributed by atoms with Gasteiger partial charge in [0.2, 0.25) is 0 Å². The lowest BCUT2D eigenvalue weighted by Crippen LogP contribution is -3.85. The zero-order valence-corrected chi connectivity index (χ0v) is 22.2. The molecule has 0 saturated heterocycles. The fourth-order valence-electron chi connectivity index (χ4n) is 2.71. The van der Waals surface area contributed by atoms with E-state index >= 15 is 0 Å². The van der Waals surface area contributed by atoms with Crippen LogP contribution < -0.4 is 20.2 Å². The summed E-state index contributed by atoms with van der Waals surface area (Å²) >= 11 is -4.11. The first-order chi connectivity index (χ1) is 16.1. The van der Waals surface area contributed by atoms with Gasteiger partial charge in [0.25, 0.3) is 0 Å². The van der Waals surface area contributed by atoms with E-state index in [9.17, 15) is 47.9 Å². The molecule has 0 aliphatic carbocycles. The maximum atomic E-state index is 14.3. The van der Waals surface area contributed by atoms with Crippen LogP contribution in [-0.2, 0) is 18.0 Å². The summed E-state index contributed by atoms with van der Waals surface area (Å²) in [4.78, 5) is 0. The van der Waals surface area contributed by atoms with Crippen molar-refractivity contribution >= 4 is 10.1 Å². The van der Waals surface area contributed by atoms with Crippen LogP contribution in [0.3, 0.4) is 0 Å². The lowest BCUT2D eigenvalue weighted by molar-refractivity contribution is -1.03. The van der Waals surface area contributed by atoms with E-state index in [-0.39, 0.29) is 12.6 Å². The quantitative estimate of drug-likeness (QED) is 0.301. The number of rotatable bonds is 9. The molecule has 0 aliphatic heterocycles. The molecule has 2 aromatic carbocycles. The van der Waals surface area contributed by atoms with Crippen molar-refractivity contribution in [2.45, 2.75) is 62.8 Å². The topological polar surface area (TPSA) is 43.4 Å². The Morgan fingerprint density at radius 2 is 1.17 bits per heavy atom. The Labute approximate surface area is 210 Å². The van der Waals surface area contributed by atoms with Crippen molar-refractivity contribution in [2.75, 3.05) is 0 Å². The lowest BCUT2D eigenvalue weighted by Gasteiger charge is -2.32. The predicted molar refractivity (Wildman–Crippen MR) is 109 cm³/mol. The minimum atomic E-state index is -7.36. The van der Waals surface area contributed by atoms with Gasteiger partial charge in [-0.05, 0) is 51.1 Å². The lowest BCUT2D eigenvalue weighted by atomic mass is 9.82. The number of halogens is 10. The third kappa shape index (κ3) is 5.49. The predicted octanol–water partition coefficient (Wildman–Crippen LogP) is 4.03. The third-order valence-electron chi connectivity index (χ3n) is 5.49. The van der Waals surface area contributed by atoms with E-state index in [0.29, 0.717) is 12.0 Å². The highest BCUT2D eigenvalue weighted by atomic mass is 127. The van der Waals surface area contributed by atoms with Gasteiger partial charge in [-0.2, -0.15) is 47.9 Å². The third-order valence-corrected chi connectivity index (χ3v) is 12.9. The number of alkyl halides is 9. The molecule has 0 fully saturated rings. The summed E-state index contributed by atoms with van der Waals surface area (Å²) < 4.78 is 149. The van der Waals surface area contributed by atoms with Crippen molar-refractivity contribution < 1.29 is 70.7 Å². The molecule has 3 nitrogen and oxygen atoms in total. The molecular weight excluding hydrogens is 642 g/mol. The molecule has 0 unspecified atom stereocenters. The van der Waals surface area contributed by atoms with Crippen molar-refractivity contribution in [1.82, 2.24) is 0 Å². The van der Waals surface area contributed by atoms with Crippen LogP contribution in [-0.4, -0.2) is 31.7 Å². The van der Waals surface area contributed by atoms with Gasteiger partial charge in [0.15, 0.2) is 7.14 Å². The smallest absolute Gasteiger partial charge is 0.191 e. The highest BCUT2D eigenvalue weighted by molar-refractivity contribution is 7.87. The van der Waals surface area contributed by atoms with Crippen molar-refractivity contribution in [3.05, 3.63) is 66.8 Å². The standard InChI is InChI=1S/C22H22F9IO3S/c1-5-18(3,4)15-8-12-17(13-9-15)32(16-10-6-14(2)7-11-16)35-36(33,34)22(30,31)20(25,26)19(23,24)21(27,28)29/h6-13H,5H2,1-4H3/q+1. The van der Waals surface area contributed by atoms with Crippen LogP contribution in [0.5, 0.6) is 0 Å². The van der Waals surface area contributed by atoms with E-state index in [0.717, 1.165) is 5.56 Å². The first-order valence-electron chi connectivity index (χ1n) is 10.1. The zero-order valence-electron chi connectivity index (χ0n) is 19.2. The SMILES string of the molecule is CCC(C)(C)c1ccc([I+](OS(=O)(=O)C(F)(F)C(F)(F)C(F)(F)C(F)(F)F)c2ccc(C)cc2)cc1. The molecule has 0 bridgehead atoms. The van der Waals surface area contributed by atoms with E-state index in [1.54, 1.807) is 6.92 Å². The molecule has 0 aliphatic rings. The summed E-state index contributed by atoms with van der Waals surface area (Å²) in [5.41, 5.74) is 1.07. The Morgan fingerprint density at radius 1 is 0.750 bits per heavy atom. The fourth-order valence-corrected chi connectivity index (χ4v) is 9.63. The van der Waals surface area contributed by atoms with Gasteiger partial charge in [-0.15, -0.1) is 0 Å². The second kappa shape index (κ2) is 9.97. The zero-order chi connectivity index (χ0) is 28.0. The number of hydrogen-bond acceptors (Lipinski definition) is 3. The highest BCUT2D eigenvalue weighted by Crippen LogP contribution is 2.54. The van der Waals surface area contributed by atoms with E-state index < -0.39 is 53.6 Å². The Morgan fingerprint density at radius 3 is 1.56 bits per heavy atom. The molecule has 0 aromatic heterocycles. The van der Waals surface area contributed by atoms with Crippen LogP contribution in [0.1, 0.15) is 38.3 Å². The molecule has 0 spiro atoms. The molecular formula is C22H22F9IO3S+. The second-order valence-electron chi connectivity index (χ2n) is 8.47. The largest absolute Gasteiger partial charge is 0.460 e. The minimum Gasteiger partial charge on any atom is -0.191 e. The van der Waals surface area contributed by atoms with Crippen LogP contribution in [0.25, 0.3) is 0 Å². The summed E-state index contributed by atoms with van der Waals surface area (Å²) in [5.74, 6) is -14.7. The van der Waals surface area contributed by atoms with E-state index in [1.165, 1.54) is 48.5 Å². The van der Waals surface area contributed by atoms with Gasteiger partial charge in [0.1, 0.15) is 0 Å². The molecule has 2 rings (SSSR count). The van der Waals surface area contributed by atoms with Crippen LogP contribution in [0.15, 0.2) is 48.5 Å². The maximum Gasteiger partial charge on any atom is 0.460 e. The fraction of sp³-hybridized carbons (Fsp3) is 0.455. The van der Waals surface area contributed by atoms with Crippen LogP contribution >= 0.6 is 0 Å². The first-order valence-corrected chi connectivity index (χ1v) is 14.6. The second-order valence-corrected chi connectivity index (χ2v) is 15.0. The number of benzene rings is 2. The Bertz CT molecular complexity index is 1160. The minimum absolute atomic E-state index is 0.00225. The Kier molecular flexibility index (Phi) is 8.49. The van der Waals surface area contributed by atoms with Crippen LogP contribution in [0.4, 0.5) is 39.5 Å². The highest BCUT2D eigenvalue weighted by Gasteiger charge is 2.86. The maximum absolute atomic E-state index is 14.3. The Hall–Kier alpha value is -1.55. The van der Waals surface area contributed by atoms with Gasteiger partial charge >= 0.3 is 53.6 Å². The summed E-state index contributed by atoms with van der Waals surface area (Å²) in [6, 6.07) is 11.2. The van der Waals surface area contributed by atoms with Gasteiger partial charge in [-0.25, -0.2) is 0 Å². The summed E-state index contributed by atoms with van der Waals surface area (Å²) in [5, 5.41) is -6.91. The normalized spacial score (nSPS) is 14.4. The molecule has 36 heavy (non-hydrogen) atoms. The number of aryl methyl sites for hydroxylation is 1. The van der Waals surface area contributed by atoms with Crippen molar-refractivity contribution in [3.63, 3.8) is 0 Å². The first kappa shape index (κ1) is 30.7. The molecule has 0 heterocycles. The molecule has 0 atom stereocenters. The van der Waals surface area contributed by atoms with E-state index in [2.05, 4.69) is 2.51 Å². The van der Waals surface area contributed by atoms with E-state index in [1.807, 2.05) is 20.8 Å². The van der Waals surface area contributed by atoms with Gasteiger partial charge < -0.3 is 0 Å². The van der Waals surface area contributed by atoms with Crippen LogP contribution in [0.2, 0.25) is 0 Å². The molecule has 203 valence electrons. The summed E-state index contributed by atoms with van der Waals surface area (Å²) in [6.45, 7) is 7.31. The van der Waals surface area contributed by atoms with Crippen molar-refractivity contribution in [2.24, 2.45) is 0 Å². The number of hydrogen-bond donors (Lipinski definition) is 0.